The second-order valence-corrected chi connectivity index (χ2v) is 8.28. The van der Waals surface area contributed by atoms with Gasteiger partial charge in [0.2, 0.25) is 5.95 Å². The van der Waals surface area contributed by atoms with E-state index in [2.05, 4.69) is 25.7 Å². The van der Waals surface area contributed by atoms with Gasteiger partial charge in [-0.3, -0.25) is 4.79 Å². The molecule has 0 aromatic carbocycles. The first-order valence-electron chi connectivity index (χ1n) is 11.2. The van der Waals surface area contributed by atoms with Gasteiger partial charge in [-0.25, -0.2) is 19.9 Å². The zero-order valence-electron chi connectivity index (χ0n) is 19.8. The van der Waals surface area contributed by atoms with Crippen LogP contribution in [-0.4, -0.2) is 81.1 Å². The summed E-state index contributed by atoms with van der Waals surface area (Å²) in [6, 6.07) is -1.79. The molecule has 4 N–H and O–H groups in total. The smallest absolute Gasteiger partial charge is 0.394 e. The average molecular weight is 550 g/mol. The van der Waals surface area contributed by atoms with Crippen LogP contribution in [0.4, 0.5) is 42.8 Å². The maximum Gasteiger partial charge on any atom is 0.423 e. The van der Waals surface area contributed by atoms with Crippen molar-refractivity contribution in [3.8, 4) is 0 Å². The number of nitrogens with zero attached hydrogens (tertiary/aromatic N) is 5. The van der Waals surface area contributed by atoms with Crippen LogP contribution in [0.5, 0.6) is 0 Å². The molecule has 11 nitrogen and oxygen atoms in total. The number of hydrogen-bond donors (Lipinski definition) is 4. The Morgan fingerprint density at radius 3 is 2.47 bits per heavy atom. The molecular formula is C21H24F6N8O3. The van der Waals surface area contributed by atoms with Gasteiger partial charge < -0.3 is 25.5 Å². The molecule has 38 heavy (non-hydrogen) atoms. The molecule has 3 heterocycles. The number of halogens is 6. The number of urea groups is 1. The summed E-state index contributed by atoms with van der Waals surface area (Å²) in [4.78, 5) is 34.4. The lowest BCUT2D eigenvalue weighted by molar-refractivity contribution is -0.139. The molecule has 0 unspecified atom stereocenters. The number of amides is 2. The highest BCUT2D eigenvalue weighted by Crippen LogP contribution is 2.32. The van der Waals surface area contributed by atoms with Crippen molar-refractivity contribution in [1.82, 2.24) is 30.4 Å². The van der Waals surface area contributed by atoms with Gasteiger partial charge in [-0.2, -0.15) is 31.4 Å². The molecule has 1 aliphatic heterocycles. The third kappa shape index (κ3) is 7.11. The summed E-state index contributed by atoms with van der Waals surface area (Å²) in [7, 11) is 0. The molecule has 0 spiro atoms. The van der Waals surface area contributed by atoms with Crippen molar-refractivity contribution in [3.63, 3.8) is 0 Å². The van der Waals surface area contributed by atoms with Crippen molar-refractivity contribution < 1.29 is 36.2 Å². The summed E-state index contributed by atoms with van der Waals surface area (Å²) in [6.45, 7) is 1.53. The summed E-state index contributed by atoms with van der Waals surface area (Å²) < 4.78 is 77.6. The van der Waals surface area contributed by atoms with Crippen LogP contribution in [0.15, 0.2) is 35.5 Å². The fraction of sp³-hybridized carbons (Fsp3) is 0.476. The van der Waals surface area contributed by atoms with Crippen molar-refractivity contribution in [1.29, 1.82) is 0 Å². The topological polar surface area (TPSA) is 139 Å². The standard InChI is InChI=1S/C21H24F6N8O3/c1-12(32-15-9-31-33-17(37)16(15)21(25,26)27)3-2-4-28-19(38)34-5-6-35(14(10-34)11-36)18-29-7-13(8-30-18)20(22,23)24/h2-3,7-9,12,14,36H,4-6,10-11H2,1H3,(H,28,38)(H2,32,33,37)/b3-2+/t12-,14+/m0/s1. The van der Waals surface area contributed by atoms with Crippen LogP contribution < -0.4 is 21.1 Å². The van der Waals surface area contributed by atoms with E-state index in [-0.39, 0.29) is 32.1 Å². The Morgan fingerprint density at radius 2 is 1.87 bits per heavy atom. The van der Waals surface area contributed by atoms with Gasteiger partial charge in [-0.1, -0.05) is 12.2 Å². The number of rotatable bonds is 7. The summed E-state index contributed by atoms with van der Waals surface area (Å²) >= 11 is 0. The fourth-order valence-corrected chi connectivity index (χ4v) is 3.69. The molecule has 1 saturated heterocycles. The lowest BCUT2D eigenvalue weighted by Crippen LogP contribution is -2.58. The molecule has 0 bridgehead atoms. The maximum atomic E-state index is 13.1. The molecule has 2 atom stereocenters. The Morgan fingerprint density at radius 1 is 1.18 bits per heavy atom. The molecule has 2 aromatic rings. The minimum atomic E-state index is -4.88. The number of alkyl halides is 6. The highest BCUT2D eigenvalue weighted by molar-refractivity contribution is 5.74. The number of carbonyl (C=O) groups excluding carboxylic acids is 1. The van der Waals surface area contributed by atoms with Gasteiger partial charge in [0.15, 0.2) is 0 Å². The van der Waals surface area contributed by atoms with E-state index in [0.717, 1.165) is 6.20 Å². The molecule has 208 valence electrons. The Bertz CT molecular complexity index is 1190. The number of aromatic amines is 1. The van der Waals surface area contributed by atoms with Crippen LogP contribution in [0.25, 0.3) is 0 Å². The lowest BCUT2D eigenvalue weighted by atomic mass is 10.2. The van der Waals surface area contributed by atoms with Crippen molar-refractivity contribution in [2.45, 2.75) is 31.4 Å². The van der Waals surface area contributed by atoms with E-state index >= 15 is 0 Å². The molecule has 3 rings (SSSR count). The van der Waals surface area contributed by atoms with Gasteiger partial charge in [0.1, 0.15) is 5.56 Å². The van der Waals surface area contributed by atoms with E-state index in [1.807, 2.05) is 0 Å². The predicted octanol–water partition coefficient (Wildman–Crippen LogP) is 1.85. The van der Waals surface area contributed by atoms with E-state index in [9.17, 15) is 41.0 Å². The van der Waals surface area contributed by atoms with Gasteiger partial charge >= 0.3 is 18.4 Å². The van der Waals surface area contributed by atoms with E-state index in [1.165, 1.54) is 28.9 Å². The number of piperazine rings is 1. The Hall–Kier alpha value is -3.89. The van der Waals surface area contributed by atoms with E-state index in [4.69, 9.17) is 0 Å². The van der Waals surface area contributed by atoms with Crippen LogP contribution in [0.2, 0.25) is 0 Å². The highest BCUT2D eigenvalue weighted by Gasteiger charge is 2.37. The molecular weight excluding hydrogens is 526 g/mol. The van der Waals surface area contributed by atoms with Crippen LogP contribution in [0.3, 0.4) is 0 Å². The number of H-pyrrole nitrogens is 1. The first-order chi connectivity index (χ1) is 17.8. The van der Waals surface area contributed by atoms with Crippen molar-refractivity contribution >= 4 is 17.7 Å². The van der Waals surface area contributed by atoms with Crippen LogP contribution in [0, 0.1) is 0 Å². The predicted molar refractivity (Wildman–Crippen MR) is 122 cm³/mol. The fourth-order valence-electron chi connectivity index (χ4n) is 3.69. The number of nitrogens with one attached hydrogen (secondary N) is 3. The minimum Gasteiger partial charge on any atom is -0.394 e. The van der Waals surface area contributed by atoms with Gasteiger partial charge in [-0.15, -0.1) is 0 Å². The van der Waals surface area contributed by atoms with E-state index in [1.54, 1.807) is 5.10 Å². The zero-order valence-corrected chi connectivity index (χ0v) is 19.8. The molecule has 0 radical (unpaired) electrons. The normalized spacial score (nSPS) is 17.5. The van der Waals surface area contributed by atoms with Crippen LogP contribution in [0.1, 0.15) is 18.1 Å². The van der Waals surface area contributed by atoms with E-state index < -0.39 is 59.4 Å². The first kappa shape index (κ1) is 28.7. The molecule has 0 saturated carbocycles. The summed E-state index contributed by atoms with van der Waals surface area (Å²) in [5.41, 5.74) is -4.28. The molecule has 0 aliphatic carbocycles. The Balaban J connectivity index is 1.52. The number of carbonyl (C=O) groups is 1. The minimum absolute atomic E-state index is 0.00850. The first-order valence-corrected chi connectivity index (χ1v) is 11.2. The van der Waals surface area contributed by atoms with Crippen LogP contribution in [-0.2, 0) is 12.4 Å². The molecule has 2 aromatic heterocycles. The lowest BCUT2D eigenvalue weighted by Gasteiger charge is -2.40. The molecule has 2 amide bonds. The van der Waals surface area contributed by atoms with Crippen molar-refractivity contribution in [3.05, 3.63) is 52.2 Å². The Labute approximate surface area is 211 Å². The number of aliphatic hydroxyl groups excluding tert-OH is 1. The second-order valence-electron chi connectivity index (χ2n) is 8.28. The van der Waals surface area contributed by atoms with Crippen molar-refractivity contribution in [2.75, 3.05) is 43.0 Å². The quantitative estimate of drug-likeness (QED) is 0.303. The van der Waals surface area contributed by atoms with Gasteiger partial charge in [0, 0.05) is 44.6 Å². The Kier molecular flexibility index (Phi) is 8.80. The maximum absolute atomic E-state index is 13.1. The van der Waals surface area contributed by atoms with Crippen LogP contribution >= 0.6 is 0 Å². The number of aliphatic hydroxyl groups is 1. The largest absolute Gasteiger partial charge is 0.423 e. The van der Waals surface area contributed by atoms with Crippen molar-refractivity contribution in [2.24, 2.45) is 0 Å². The van der Waals surface area contributed by atoms with Gasteiger partial charge in [0.05, 0.1) is 30.1 Å². The SMILES string of the molecule is C[C@@H](/C=C/CNC(=O)N1CCN(c2ncc(C(F)(F)F)cn2)[C@@H](CO)C1)Nc1cn[nH]c(=O)c1C(F)(F)F. The van der Waals surface area contributed by atoms with Gasteiger partial charge in [-0.05, 0) is 6.92 Å². The molecule has 1 fully saturated rings. The number of hydrogen-bond acceptors (Lipinski definition) is 8. The number of anilines is 2. The monoisotopic (exact) mass is 550 g/mol. The highest BCUT2D eigenvalue weighted by atomic mass is 19.4. The number of aromatic nitrogens is 4. The molecule has 17 heteroatoms. The summed E-state index contributed by atoms with van der Waals surface area (Å²) in [5, 5.41) is 20.0. The third-order valence-electron chi connectivity index (χ3n) is 5.52. The van der Waals surface area contributed by atoms with E-state index in [0.29, 0.717) is 12.4 Å². The summed E-state index contributed by atoms with van der Waals surface area (Å²) in [5.74, 6) is -0.00850. The third-order valence-corrected chi connectivity index (χ3v) is 5.52. The zero-order chi connectivity index (χ0) is 28.1. The van der Waals surface area contributed by atoms with Gasteiger partial charge in [0.25, 0.3) is 5.56 Å². The second kappa shape index (κ2) is 11.7. The average Bonchev–Trinajstić information content (AvgIpc) is 2.85. The summed E-state index contributed by atoms with van der Waals surface area (Å²) in [6.07, 6.45) is -4.34. The molecule has 1 aliphatic rings.